The lowest BCUT2D eigenvalue weighted by molar-refractivity contribution is -0.0190. The minimum Gasteiger partial charge on any atom is -0.494 e. The van der Waals surface area contributed by atoms with Gasteiger partial charge in [0.15, 0.2) is 0 Å². The van der Waals surface area contributed by atoms with Gasteiger partial charge in [0, 0.05) is 22.6 Å². The lowest BCUT2D eigenvalue weighted by Gasteiger charge is -2.38. The van der Waals surface area contributed by atoms with Gasteiger partial charge in [-0.15, -0.1) is 0 Å². The van der Waals surface area contributed by atoms with Crippen molar-refractivity contribution in [3.05, 3.63) is 88.4 Å². The van der Waals surface area contributed by atoms with Crippen LogP contribution >= 0.6 is 11.6 Å². The highest BCUT2D eigenvalue weighted by Crippen LogP contribution is 2.48. The van der Waals surface area contributed by atoms with Crippen LogP contribution in [0.15, 0.2) is 71.8 Å². The van der Waals surface area contributed by atoms with Crippen molar-refractivity contribution in [1.82, 2.24) is 5.01 Å². The van der Waals surface area contributed by atoms with E-state index in [4.69, 9.17) is 30.9 Å². The maximum absolute atomic E-state index is 6.51. The number of halogens is 1. The van der Waals surface area contributed by atoms with E-state index in [0.717, 1.165) is 59.1 Å². The first-order valence-corrected chi connectivity index (χ1v) is 14.3. The SMILES string of the molecule is CCCCCCCCOc1ccc([C@H]2Oc3ccc(Cl)cc3[C@H]3CC(c4ccc(OCC)cc4)=NN32)cc1. The van der Waals surface area contributed by atoms with Crippen LogP contribution in [-0.2, 0) is 0 Å². The van der Waals surface area contributed by atoms with Gasteiger partial charge in [-0.3, -0.25) is 0 Å². The molecule has 3 aromatic rings. The zero-order chi connectivity index (χ0) is 26.3. The number of hydrogen-bond donors (Lipinski definition) is 0. The Labute approximate surface area is 231 Å². The van der Waals surface area contributed by atoms with Crippen LogP contribution in [-0.4, -0.2) is 23.9 Å². The molecule has 0 amide bonds. The highest BCUT2D eigenvalue weighted by molar-refractivity contribution is 6.30. The van der Waals surface area contributed by atoms with Crippen LogP contribution in [0.1, 0.15) is 87.8 Å². The Morgan fingerprint density at radius 1 is 0.868 bits per heavy atom. The van der Waals surface area contributed by atoms with Gasteiger partial charge < -0.3 is 14.2 Å². The van der Waals surface area contributed by atoms with Gasteiger partial charge in [-0.25, -0.2) is 5.01 Å². The molecule has 5 nitrogen and oxygen atoms in total. The number of fused-ring (bicyclic) bond motifs is 3. The molecule has 2 heterocycles. The van der Waals surface area contributed by atoms with Gasteiger partial charge in [-0.1, -0.05) is 50.6 Å². The zero-order valence-electron chi connectivity index (χ0n) is 22.4. The van der Waals surface area contributed by atoms with Crippen LogP contribution in [0.25, 0.3) is 0 Å². The Balaban J connectivity index is 1.32. The van der Waals surface area contributed by atoms with E-state index in [1.165, 1.54) is 32.1 Å². The van der Waals surface area contributed by atoms with Gasteiger partial charge in [0.05, 0.1) is 25.0 Å². The van der Waals surface area contributed by atoms with Crippen molar-refractivity contribution in [1.29, 1.82) is 0 Å². The first kappa shape index (κ1) is 26.4. The van der Waals surface area contributed by atoms with Crippen molar-refractivity contribution >= 4 is 17.3 Å². The second-order valence-corrected chi connectivity index (χ2v) is 10.4. The molecule has 0 aliphatic carbocycles. The maximum Gasteiger partial charge on any atom is 0.213 e. The van der Waals surface area contributed by atoms with Crippen LogP contribution in [0, 0.1) is 0 Å². The van der Waals surface area contributed by atoms with E-state index in [1.54, 1.807) is 0 Å². The normalized spacial score (nSPS) is 17.9. The van der Waals surface area contributed by atoms with Crippen LogP contribution in [0.4, 0.5) is 0 Å². The molecule has 3 aromatic carbocycles. The minimum atomic E-state index is -0.332. The van der Waals surface area contributed by atoms with Crippen LogP contribution in [0.3, 0.4) is 0 Å². The fourth-order valence-corrected chi connectivity index (χ4v) is 5.34. The van der Waals surface area contributed by atoms with Crippen molar-refractivity contribution in [2.45, 2.75) is 71.1 Å². The monoisotopic (exact) mass is 532 g/mol. The van der Waals surface area contributed by atoms with Crippen molar-refractivity contribution in [3.63, 3.8) is 0 Å². The molecule has 0 bridgehead atoms. The van der Waals surface area contributed by atoms with Gasteiger partial charge in [0.1, 0.15) is 17.2 Å². The summed E-state index contributed by atoms with van der Waals surface area (Å²) in [5, 5.41) is 7.85. The molecule has 2 atom stereocenters. The predicted octanol–water partition coefficient (Wildman–Crippen LogP) is 8.72. The summed E-state index contributed by atoms with van der Waals surface area (Å²) in [6, 6.07) is 22.3. The summed E-state index contributed by atoms with van der Waals surface area (Å²) in [5.74, 6) is 2.61. The standard InChI is InChI=1S/C32H37ClN2O3/c1-3-5-6-7-8-9-20-37-27-17-12-24(13-18-27)32-35-30(28-21-25(33)14-19-31(28)38-32)22-29(34-35)23-10-15-26(16-11-23)36-4-2/h10-19,21,30,32H,3-9,20,22H2,1-2H3/t30-,32-/m1/s1. The summed E-state index contributed by atoms with van der Waals surface area (Å²) in [6.07, 6.45) is 7.98. The van der Waals surface area contributed by atoms with Crippen LogP contribution < -0.4 is 14.2 Å². The zero-order valence-corrected chi connectivity index (χ0v) is 23.1. The Bertz CT molecular complexity index is 1230. The molecule has 2 aliphatic heterocycles. The third-order valence-corrected chi connectivity index (χ3v) is 7.42. The summed E-state index contributed by atoms with van der Waals surface area (Å²) in [4.78, 5) is 0. The minimum absolute atomic E-state index is 0.0488. The molecule has 0 N–H and O–H groups in total. The number of hydrogen-bond acceptors (Lipinski definition) is 5. The second-order valence-electron chi connectivity index (χ2n) is 9.94. The molecule has 38 heavy (non-hydrogen) atoms. The Hall–Kier alpha value is -3.18. The summed E-state index contributed by atoms with van der Waals surface area (Å²) in [6.45, 7) is 5.64. The number of ether oxygens (including phenoxy) is 3. The van der Waals surface area contributed by atoms with Crippen LogP contribution in [0.5, 0.6) is 17.2 Å². The predicted molar refractivity (Wildman–Crippen MR) is 153 cm³/mol. The van der Waals surface area contributed by atoms with Crippen molar-refractivity contribution in [2.24, 2.45) is 5.10 Å². The van der Waals surface area contributed by atoms with E-state index in [1.807, 2.05) is 49.4 Å². The van der Waals surface area contributed by atoms with Gasteiger partial charge in [0.2, 0.25) is 6.23 Å². The van der Waals surface area contributed by atoms with Crippen LogP contribution in [0.2, 0.25) is 5.02 Å². The maximum atomic E-state index is 6.51. The molecule has 0 radical (unpaired) electrons. The quantitative estimate of drug-likeness (QED) is 0.219. The molecule has 200 valence electrons. The molecule has 0 saturated heterocycles. The average molecular weight is 533 g/mol. The molecule has 0 spiro atoms. The first-order chi connectivity index (χ1) is 18.7. The number of nitrogens with zero attached hydrogens (tertiary/aromatic N) is 2. The average Bonchev–Trinajstić information content (AvgIpc) is 3.39. The van der Waals surface area contributed by atoms with Gasteiger partial charge in [-0.05, 0) is 85.6 Å². The lowest BCUT2D eigenvalue weighted by Crippen LogP contribution is -2.33. The fraction of sp³-hybridized carbons (Fsp3) is 0.406. The molecule has 0 fully saturated rings. The Morgan fingerprint density at radius 2 is 1.58 bits per heavy atom. The Kier molecular flexibility index (Phi) is 8.75. The third-order valence-electron chi connectivity index (χ3n) is 7.18. The van der Waals surface area contributed by atoms with Crippen molar-refractivity contribution < 1.29 is 14.2 Å². The largest absolute Gasteiger partial charge is 0.494 e. The number of unbranched alkanes of at least 4 members (excludes halogenated alkanes) is 5. The van der Waals surface area contributed by atoms with Gasteiger partial charge in [-0.2, -0.15) is 5.10 Å². The molecule has 0 saturated carbocycles. The van der Waals surface area contributed by atoms with Crippen molar-refractivity contribution in [2.75, 3.05) is 13.2 Å². The molecule has 0 aromatic heterocycles. The molecule has 2 aliphatic rings. The smallest absolute Gasteiger partial charge is 0.213 e. The highest BCUT2D eigenvalue weighted by atomic mass is 35.5. The van der Waals surface area contributed by atoms with E-state index in [-0.39, 0.29) is 12.3 Å². The molecule has 0 unspecified atom stereocenters. The fourth-order valence-electron chi connectivity index (χ4n) is 5.16. The lowest BCUT2D eigenvalue weighted by atomic mass is 9.96. The van der Waals surface area contributed by atoms with Gasteiger partial charge in [0.25, 0.3) is 0 Å². The topological polar surface area (TPSA) is 43.3 Å². The Morgan fingerprint density at radius 3 is 2.34 bits per heavy atom. The third kappa shape index (κ3) is 6.10. The van der Waals surface area contributed by atoms with E-state index in [0.29, 0.717) is 11.6 Å². The summed E-state index contributed by atoms with van der Waals surface area (Å²) < 4.78 is 18.1. The molecule has 6 heteroatoms. The highest BCUT2D eigenvalue weighted by Gasteiger charge is 2.41. The number of benzene rings is 3. The summed E-state index contributed by atoms with van der Waals surface area (Å²) >= 11 is 6.38. The van der Waals surface area contributed by atoms with E-state index in [9.17, 15) is 0 Å². The molecular weight excluding hydrogens is 496 g/mol. The van der Waals surface area contributed by atoms with Gasteiger partial charge >= 0.3 is 0 Å². The first-order valence-electron chi connectivity index (χ1n) is 13.9. The van der Waals surface area contributed by atoms with E-state index >= 15 is 0 Å². The molecule has 5 rings (SSSR count). The molecular formula is C32H37ClN2O3. The summed E-state index contributed by atoms with van der Waals surface area (Å²) in [7, 11) is 0. The summed E-state index contributed by atoms with van der Waals surface area (Å²) in [5.41, 5.74) is 4.22. The second kappa shape index (κ2) is 12.6. The number of hydrazone groups is 1. The van der Waals surface area contributed by atoms with E-state index in [2.05, 4.69) is 36.2 Å². The van der Waals surface area contributed by atoms with Crippen molar-refractivity contribution in [3.8, 4) is 17.2 Å². The number of rotatable bonds is 12. The van der Waals surface area contributed by atoms with E-state index < -0.39 is 0 Å².